The molecule has 0 spiro atoms. The summed E-state index contributed by atoms with van der Waals surface area (Å²) in [6.45, 7) is 7.46. The zero-order valence-corrected chi connectivity index (χ0v) is 38.0. The number of halogens is 1. The van der Waals surface area contributed by atoms with E-state index in [1.807, 2.05) is 43.0 Å². The Hall–Kier alpha value is -5.95. The molecule has 3 fully saturated rings. The number of fused-ring (bicyclic) bond motifs is 6. The van der Waals surface area contributed by atoms with Gasteiger partial charge in [-0.2, -0.15) is 0 Å². The van der Waals surface area contributed by atoms with Crippen LogP contribution in [0.4, 0.5) is 19.7 Å². The van der Waals surface area contributed by atoms with Gasteiger partial charge in [0.2, 0.25) is 11.1 Å². The van der Waals surface area contributed by atoms with Gasteiger partial charge in [0.15, 0.2) is 0 Å². The largest absolute Gasteiger partial charge is 0.412 e. The van der Waals surface area contributed by atoms with E-state index in [9.17, 15) is 28.8 Å². The van der Waals surface area contributed by atoms with Crippen molar-refractivity contribution in [2.45, 2.75) is 123 Å². The highest BCUT2D eigenvalue weighted by Gasteiger charge is 2.76. The molecule has 4 aliphatic carbocycles. The Morgan fingerprint density at radius 3 is 1.52 bits per heavy atom. The van der Waals surface area contributed by atoms with Crippen LogP contribution in [-0.4, -0.2) is 119 Å². The monoisotopic (exact) mass is 911 g/mol. The number of nitrogens with two attached hydrogens (primary N) is 4. The molecule has 3 heterocycles. The van der Waals surface area contributed by atoms with Crippen molar-refractivity contribution in [2.24, 2.45) is 22.9 Å². The maximum Gasteiger partial charge on any atom is 0.412 e. The summed E-state index contributed by atoms with van der Waals surface area (Å²) in [4.78, 5) is 89.7. The van der Waals surface area contributed by atoms with Crippen molar-refractivity contribution in [2.75, 3.05) is 32.2 Å². The van der Waals surface area contributed by atoms with Gasteiger partial charge in [-0.3, -0.25) is 19.4 Å². The molecule has 3 aromatic carbocycles. The van der Waals surface area contributed by atoms with E-state index in [0.29, 0.717) is 42.5 Å². The smallest absolute Gasteiger partial charge is 0.376 e. The van der Waals surface area contributed by atoms with Crippen LogP contribution < -0.4 is 27.8 Å². The number of rotatable bonds is 13. The predicted octanol–water partition coefficient (Wildman–Crippen LogP) is 2.84. The van der Waals surface area contributed by atoms with Gasteiger partial charge in [0.05, 0.1) is 11.6 Å². The number of hydrogen-bond donors (Lipinski definition) is 4. The van der Waals surface area contributed by atoms with Crippen LogP contribution in [0.5, 0.6) is 0 Å². The first-order chi connectivity index (χ1) is 31.1. The summed E-state index contributed by atoms with van der Waals surface area (Å²) in [6, 6.07) is 17.9. The third kappa shape index (κ3) is 6.10. The van der Waals surface area contributed by atoms with Crippen molar-refractivity contribution in [3.63, 3.8) is 0 Å². The van der Waals surface area contributed by atoms with E-state index in [1.54, 1.807) is 60.0 Å². The number of amides is 4. The number of ether oxygens (including phenoxy) is 4. The minimum Gasteiger partial charge on any atom is -0.376 e. The number of esters is 2. The number of hydrogen-bond acceptors (Lipinski definition) is 13. The molecule has 4 amide bonds. The van der Waals surface area contributed by atoms with E-state index >= 15 is 4.39 Å². The molecular weight excluding hydrogens is 854 g/mol. The molecule has 3 saturated heterocycles. The van der Waals surface area contributed by atoms with Crippen molar-refractivity contribution in [3.8, 4) is 0 Å². The van der Waals surface area contributed by atoms with Gasteiger partial charge in [-0.1, -0.05) is 62.4 Å². The molecular formula is C48H58FN7O10. The molecule has 3 aliphatic heterocycles. The van der Waals surface area contributed by atoms with Crippen LogP contribution >= 0.6 is 0 Å². The van der Waals surface area contributed by atoms with Gasteiger partial charge in [0.1, 0.15) is 17.5 Å². The Morgan fingerprint density at radius 2 is 1.11 bits per heavy atom. The van der Waals surface area contributed by atoms with E-state index in [0.717, 1.165) is 11.1 Å². The summed E-state index contributed by atoms with van der Waals surface area (Å²) >= 11 is 0. The lowest BCUT2D eigenvalue weighted by atomic mass is 9.58. The molecule has 17 nitrogen and oxygen atoms in total. The van der Waals surface area contributed by atoms with Gasteiger partial charge < -0.3 is 46.8 Å². The standard InChI is InChI=1S/C48H58FN7O10/c1-43(25-27-11-15-29(43)16-12-27)47(37(50)57,39(59)65-41(52)61)54-23-7-9-33(54)35-36(63-5)46(4,64-6)45(3,56(35)32-21-19-31(49)20-22-32)34-10-8-24-55(34)48(38(51)58,40(60)66-42(53)62)44(2)26-28-13-17-30(44)18-14-28/h11-22,33-36H,7-10,23-26H2,1-6H3,(H2,50,57)(H2,51,58)(H2,52,61)(H2,53,62)/t33?,34?,35?,36-,43?,44?,45+,46+,47+,48+/m1/s1. The summed E-state index contributed by atoms with van der Waals surface area (Å²) in [7, 11) is 3.02. The third-order valence-corrected chi connectivity index (χ3v) is 16.5. The first-order valence-corrected chi connectivity index (χ1v) is 22.1. The van der Waals surface area contributed by atoms with E-state index in [4.69, 9.17) is 41.9 Å². The van der Waals surface area contributed by atoms with Gasteiger partial charge in [-0.25, -0.2) is 23.6 Å². The average molecular weight is 912 g/mol. The summed E-state index contributed by atoms with van der Waals surface area (Å²) in [6.07, 6.45) is -1.96. The second-order valence-electron chi connectivity index (χ2n) is 19.2. The molecule has 0 saturated carbocycles. The van der Waals surface area contributed by atoms with Crippen LogP contribution in [-0.2, 0) is 61.8 Å². The number of nitrogens with zero attached hydrogens (tertiary/aromatic N) is 3. The Bertz CT molecular complexity index is 2480. The molecule has 5 unspecified atom stereocenters. The Labute approximate surface area is 382 Å². The molecule has 4 bridgehead atoms. The molecule has 66 heavy (non-hydrogen) atoms. The Balaban J connectivity index is 1.39. The third-order valence-electron chi connectivity index (χ3n) is 16.5. The maximum absolute atomic E-state index is 15.1. The van der Waals surface area contributed by atoms with Crippen LogP contribution in [0.3, 0.4) is 0 Å². The lowest BCUT2D eigenvalue weighted by Crippen LogP contribution is -2.79. The first kappa shape index (κ1) is 46.6. The second kappa shape index (κ2) is 16.1. The second-order valence-corrected chi connectivity index (χ2v) is 19.2. The summed E-state index contributed by atoms with van der Waals surface area (Å²) in [5.41, 5.74) is 17.0. The number of carbonyl (C=O) groups excluding carboxylic acids is 6. The minimum atomic E-state index is -2.37. The highest BCUT2D eigenvalue weighted by Crippen LogP contribution is 2.59. The van der Waals surface area contributed by atoms with Crippen LogP contribution in [0.1, 0.15) is 75.6 Å². The van der Waals surface area contributed by atoms with E-state index in [2.05, 4.69) is 0 Å². The fourth-order valence-electron chi connectivity index (χ4n) is 13.6. The van der Waals surface area contributed by atoms with Gasteiger partial charge >= 0.3 is 24.1 Å². The van der Waals surface area contributed by atoms with Crippen LogP contribution in [0.2, 0.25) is 0 Å². The van der Waals surface area contributed by atoms with Crippen molar-refractivity contribution in [1.29, 1.82) is 0 Å². The topological polar surface area (TPSA) is 253 Å². The SMILES string of the molecule is CO[C@@H]1C(C2CCCN2[C@@](C(N)=O)(C(=O)OC(N)=O)C2(C)Cc3ccc2cc3)N(c2ccc(F)cc2)[C@@](C)(C2CCCN2[C@@](C(N)=O)(C(=O)OC(N)=O)C2(C)Cc3ccc2cc3)[C@@]1(C)OC. The molecule has 0 aromatic heterocycles. The summed E-state index contributed by atoms with van der Waals surface area (Å²) in [5, 5.41) is 0. The van der Waals surface area contributed by atoms with Crippen LogP contribution in [0.15, 0.2) is 72.8 Å². The van der Waals surface area contributed by atoms with Crippen molar-refractivity contribution >= 4 is 41.6 Å². The average Bonchev–Trinajstić information content (AvgIpc) is 3.99. The predicted molar refractivity (Wildman–Crippen MR) is 237 cm³/mol. The Kier molecular flexibility index (Phi) is 11.4. The summed E-state index contributed by atoms with van der Waals surface area (Å²) < 4.78 is 38.9. The lowest BCUT2D eigenvalue weighted by Gasteiger charge is -2.58. The molecule has 3 aromatic rings. The first-order valence-electron chi connectivity index (χ1n) is 22.1. The maximum atomic E-state index is 15.1. The van der Waals surface area contributed by atoms with Crippen molar-refractivity contribution in [3.05, 3.63) is 101 Å². The van der Waals surface area contributed by atoms with Crippen molar-refractivity contribution in [1.82, 2.24) is 9.80 Å². The molecule has 0 radical (unpaired) electrons. The van der Waals surface area contributed by atoms with Gasteiger partial charge in [0, 0.05) is 55.9 Å². The van der Waals surface area contributed by atoms with Gasteiger partial charge in [-0.15, -0.1) is 0 Å². The van der Waals surface area contributed by atoms with E-state index in [-0.39, 0.29) is 25.9 Å². The zero-order chi connectivity index (χ0) is 47.9. The highest BCUT2D eigenvalue weighted by atomic mass is 19.1. The normalized spacial score (nSPS) is 32.1. The van der Waals surface area contributed by atoms with Crippen LogP contribution in [0, 0.1) is 5.82 Å². The summed E-state index contributed by atoms with van der Waals surface area (Å²) in [5.74, 6) is -5.17. The Morgan fingerprint density at radius 1 is 0.652 bits per heavy atom. The van der Waals surface area contributed by atoms with Crippen LogP contribution in [0.25, 0.3) is 0 Å². The number of anilines is 1. The highest BCUT2D eigenvalue weighted by molar-refractivity contribution is 6.12. The lowest BCUT2D eigenvalue weighted by molar-refractivity contribution is -0.174. The van der Waals surface area contributed by atoms with E-state index < -0.39 is 99.0 Å². The van der Waals surface area contributed by atoms with E-state index in [1.165, 1.54) is 26.4 Å². The number of benzene rings is 3. The molecule has 18 heteroatoms. The minimum absolute atomic E-state index is 0.109. The molecule has 10 atom stereocenters. The molecule has 352 valence electrons. The quantitative estimate of drug-likeness (QED) is 0.142. The fourth-order valence-corrected chi connectivity index (χ4v) is 13.6. The number of likely N-dealkylation sites (tertiary alicyclic amines) is 2. The zero-order valence-electron chi connectivity index (χ0n) is 38.0. The molecule has 7 aliphatic rings. The number of methoxy groups -OCH3 is 2. The van der Waals surface area contributed by atoms with Gasteiger partial charge in [0.25, 0.3) is 11.8 Å². The van der Waals surface area contributed by atoms with Gasteiger partial charge in [-0.05, 0) is 98.9 Å². The number of primary amides is 4. The number of carbonyl (C=O) groups is 6. The van der Waals surface area contributed by atoms with Crippen molar-refractivity contribution < 1.29 is 52.1 Å². The fraction of sp³-hybridized carbons (Fsp3) is 0.500. The molecule has 8 N–H and O–H groups in total. The molecule has 10 rings (SSSR count).